The summed E-state index contributed by atoms with van der Waals surface area (Å²) in [5.41, 5.74) is 2.09. The van der Waals surface area contributed by atoms with Gasteiger partial charge in [-0.3, -0.25) is 4.79 Å². The van der Waals surface area contributed by atoms with E-state index in [9.17, 15) is 9.59 Å². The molecule has 0 saturated heterocycles. The molecule has 0 radical (unpaired) electrons. The molecule has 1 aromatic heterocycles. The molecule has 1 atom stereocenters. The van der Waals surface area contributed by atoms with Crippen LogP contribution in [0.2, 0.25) is 0 Å². The molecule has 1 heterocycles. The zero-order valence-corrected chi connectivity index (χ0v) is 18.3. The molecule has 3 aromatic rings. The number of benzene rings is 2. The summed E-state index contributed by atoms with van der Waals surface area (Å²) in [6.07, 6.45) is 1.55. The molecule has 31 heavy (non-hydrogen) atoms. The largest absolute Gasteiger partial charge is 0.496 e. The summed E-state index contributed by atoms with van der Waals surface area (Å²) in [7, 11) is 1.59. The first-order chi connectivity index (χ1) is 14.8. The number of ether oxygens (including phenoxy) is 2. The van der Waals surface area contributed by atoms with Crippen molar-refractivity contribution in [1.82, 2.24) is 15.6 Å². The highest BCUT2D eigenvalue weighted by molar-refractivity contribution is 5.88. The van der Waals surface area contributed by atoms with Crippen LogP contribution in [0, 0.1) is 0 Å². The maximum atomic E-state index is 13.0. The normalized spacial score (nSPS) is 12.3. The lowest BCUT2D eigenvalue weighted by molar-refractivity contribution is -0.123. The second-order valence-corrected chi connectivity index (χ2v) is 8.29. The molecule has 0 unspecified atom stereocenters. The van der Waals surface area contributed by atoms with Gasteiger partial charge in [0.05, 0.1) is 7.11 Å². The minimum atomic E-state index is -0.802. The molecule has 0 aliphatic carbocycles. The quantitative estimate of drug-likeness (QED) is 0.537. The van der Waals surface area contributed by atoms with E-state index < -0.39 is 17.7 Å². The van der Waals surface area contributed by atoms with Gasteiger partial charge in [0.15, 0.2) is 0 Å². The van der Waals surface area contributed by atoms with Gasteiger partial charge in [0.25, 0.3) is 0 Å². The Hall–Kier alpha value is -3.48. The van der Waals surface area contributed by atoms with Gasteiger partial charge >= 0.3 is 6.09 Å². The van der Waals surface area contributed by atoms with Crippen molar-refractivity contribution in [3.63, 3.8) is 0 Å². The number of carbonyl (C=O) groups excluding carboxylic acids is 2. The maximum absolute atomic E-state index is 13.0. The number of fused-ring (bicyclic) bond motifs is 1. The highest BCUT2D eigenvalue weighted by atomic mass is 16.6. The fraction of sp³-hybridized carbons (Fsp3) is 0.333. The Labute approximate surface area is 182 Å². The Bertz CT molecular complexity index is 1050. The second-order valence-electron chi connectivity index (χ2n) is 8.29. The Balaban J connectivity index is 1.77. The molecule has 0 aliphatic rings. The zero-order chi connectivity index (χ0) is 22.4. The number of nitrogens with one attached hydrogen (secondary N) is 3. The number of hydrogen-bond donors (Lipinski definition) is 3. The number of aromatic nitrogens is 1. The van der Waals surface area contributed by atoms with Crippen molar-refractivity contribution in [1.29, 1.82) is 0 Å². The number of alkyl carbamates (subject to hydrolysis) is 1. The van der Waals surface area contributed by atoms with Crippen LogP contribution < -0.4 is 15.4 Å². The number of aromatic amines is 1. The minimum Gasteiger partial charge on any atom is -0.496 e. The fourth-order valence-electron chi connectivity index (χ4n) is 3.33. The van der Waals surface area contributed by atoms with Crippen LogP contribution in [0.1, 0.15) is 31.9 Å². The molecule has 0 saturated carbocycles. The molecule has 7 nitrogen and oxygen atoms in total. The van der Waals surface area contributed by atoms with Crippen LogP contribution in [0.25, 0.3) is 10.9 Å². The Morgan fingerprint density at radius 3 is 2.48 bits per heavy atom. The van der Waals surface area contributed by atoms with E-state index in [2.05, 4.69) is 15.6 Å². The summed E-state index contributed by atoms with van der Waals surface area (Å²) in [6.45, 7) is 5.62. The molecule has 0 aliphatic heterocycles. The third-order valence-corrected chi connectivity index (χ3v) is 4.75. The molecule has 3 rings (SSSR count). The lowest BCUT2D eigenvalue weighted by Gasteiger charge is -2.23. The molecule has 7 heteroatoms. The van der Waals surface area contributed by atoms with Crippen LogP contribution >= 0.6 is 0 Å². The first kappa shape index (κ1) is 22.2. The first-order valence-electron chi connectivity index (χ1n) is 10.2. The van der Waals surface area contributed by atoms with Crippen molar-refractivity contribution in [3.05, 3.63) is 65.9 Å². The third-order valence-electron chi connectivity index (χ3n) is 4.75. The number of para-hydroxylation sites is 2. The fourth-order valence-corrected chi connectivity index (χ4v) is 3.33. The van der Waals surface area contributed by atoms with Crippen LogP contribution in [0.5, 0.6) is 5.75 Å². The first-order valence-corrected chi connectivity index (χ1v) is 10.2. The highest BCUT2D eigenvalue weighted by Gasteiger charge is 2.25. The second kappa shape index (κ2) is 9.55. The van der Waals surface area contributed by atoms with Gasteiger partial charge in [-0.1, -0.05) is 36.4 Å². The Kier molecular flexibility index (Phi) is 6.84. The minimum absolute atomic E-state index is 0.281. The van der Waals surface area contributed by atoms with Gasteiger partial charge in [0, 0.05) is 35.6 Å². The topological polar surface area (TPSA) is 92.5 Å². The number of methoxy groups -OCH3 is 1. The molecule has 0 bridgehead atoms. The number of rotatable bonds is 7. The van der Waals surface area contributed by atoms with Gasteiger partial charge in [0.1, 0.15) is 17.4 Å². The van der Waals surface area contributed by atoms with E-state index in [4.69, 9.17) is 9.47 Å². The lowest BCUT2D eigenvalue weighted by Crippen LogP contribution is -2.49. The number of hydrogen-bond acceptors (Lipinski definition) is 4. The maximum Gasteiger partial charge on any atom is 0.408 e. The van der Waals surface area contributed by atoms with E-state index >= 15 is 0 Å². The van der Waals surface area contributed by atoms with Crippen molar-refractivity contribution in [2.45, 2.75) is 45.4 Å². The van der Waals surface area contributed by atoms with Crippen LogP contribution in [-0.4, -0.2) is 35.7 Å². The lowest BCUT2D eigenvalue weighted by atomic mass is 10.0. The van der Waals surface area contributed by atoms with E-state index in [0.29, 0.717) is 12.2 Å². The SMILES string of the molecule is COc1ccccc1CNC(=O)[C@@H](Cc1c[nH]c2ccccc12)NC(=O)OC(C)(C)C. The van der Waals surface area contributed by atoms with Crippen LogP contribution in [-0.2, 0) is 22.5 Å². The molecule has 3 N–H and O–H groups in total. The predicted octanol–water partition coefficient (Wildman–Crippen LogP) is 3.93. The van der Waals surface area contributed by atoms with E-state index in [1.807, 2.05) is 54.7 Å². The smallest absolute Gasteiger partial charge is 0.408 e. The molecule has 164 valence electrons. The van der Waals surface area contributed by atoms with Crippen molar-refractivity contribution < 1.29 is 19.1 Å². The number of amides is 2. The average molecular weight is 424 g/mol. The van der Waals surface area contributed by atoms with Crippen LogP contribution in [0.4, 0.5) is 4.79 Å². The van der Waals surface area contributed by atoms with Gasteiger partial charge in [-0.15, -0.1) is 0 Å². The van der Waals surface area contributed by atoms with Gasteiger partial charge in [-0.25, -0.2) is 4.79 Å². The highest BCUT2D eigenvalue weighted by Crippen LogP contribution is 2.20. The van der Waals surface area contributed by atoms with Gasteiger partial charge in [0.2, 0.25) is 5.91 Å². The standard InChI is InChI=1S/C24H29N3O4/c1-24(2,3)31-23(29)27-20(13-17-15-25-19-11-7-6-10-18(17)19)22(28)26-14-16-9-5-8-12-21(16)30-4/h5-12,15,20,25H,13-14H2,1-4H3,(H,26,28)(H,27,29)/t20-/m1/s1. The van der Waals surface area contributed by atoms with E-state index in [0.717, 1.165) is 22.0 Å². The Morgan fingerprint density at radius 2 is 1.74 bits per heavy atom. The van der Waals surface area contributed by atoms with Crippen molar-refractivity contribution in [3.8, 4) is 5.75 Å². The molecular weight excluding hydrogens is 394 g/mol. The van der Waals surface area contributed by atoms with E-state index in [-0.39, 0.29) is 12.5 Å². The molecule has 0 spiro atoms. The van der Waals surface area contributed by atoms with Gasteiger partial charge in [-0.2, -0.15) is 0 Å². The summed E-state index contributed by atoms with van der Waals surface area (Å²) in [5.74, 6) is 0.387. The monoisotopic (exact) mass is 423 g/mol. The number of carbonyl (C=O) groups is 2. The molecular formula is C24H29N3O4. The van der Waals surface area contributed by atoms with Crippen molar-refractivity contribution in [2.75, 3.05) is 7.11 Å². The van der Waals surface area contributed by atoms with Crippen molar-refractivity contribution >= 4 is 22.9 Å². The van der Waals surface area contributed by atoms with E-state index in [1.165, 1.54) is 0 Å². The Morgan fingerprint density at radius 1 is 1.03 bits per heavy atom. The van der Waals surface area contributed by atoms with E-state index in [1.54, 1.807) is 27.9 Å². The summed E-state index contributed by atoms with van der Waals surface area (Å²) < 4.78 is 10.7. The third kappa shape index (κ3) is 6.01. The zero-order valence-electron chi connectivity index (χ0n) is 18.3. The van der Waals surface area contributed by atoms with Gasteiger partial charge in [-0.05, 0) is 38.5 Å². The summed E-state index contributed by atoms with van der Waals surface area (Å²) >= 11 is 0. The molecule has 0 fully saturated rings. The molecule has 2 aromatic carbocycles. The van der Waals surface area contributed by atoms with Crippen molar-refractivity contribution in [2.24, 2.45) is 0 Å². The van der Waals surface area contributed by atoms with Crippen LogP contribution in [0.3, 0.4) is 0 Å². The summed E-state index contributed by atoms with van der Waals surface area (Å²) in [5, 5.41) is 6.64. The van der Waals surface area contributed by atoms with Crippen LogP contribution in [0.15, 0.2) is 54.7 Å². The average Bonchev–Trinajstić information content (AvgIpc) is 3.13. The number of H-pyrrole nitrogens is 1. The summed E-state index contributed by atoms with van der Waals surface area (Å²) in [4.78, 5) is 28.7. The summed E-state index contributed by atoms with van der Waals surface area (Å²) in [6, 6.07) is 14.5. The molecule has 2 amide bonds. The predicted molar refractivity (Wildman–Crippen MR) is 120 cm³/mol. The van der Waals surface area contributed by atoms with Gasteiger partial charge < -0.3 is 25.1 Å².